The smallest absolute Gasteiger partial charge is 0.193 e. The van der Waals surface area contributed by atoms with Gasteiger partial charge in [0.2, 0.25) is 0 Å². The minimum atomic E-state index is 0.279. The van der Waals surface area contributed by atoms with Crippen LogP contribution in [0.15, 0.2) is 24.3 Å². The van der Waals surface area contributed by atoms with Crippen molar-refractivity contribution in [3.63, 3.8) is 0 Å². The molecule has 0 fully saturated rings. The zero-order chi connectivity index (χ0) is 15.7. The van der Waals surface area contributed by atoms with Gasteiger partial charge in [0.25, 0.3) is 0 Å². The number of anilines is 2. The van der Waals surface area contributed by atoms with Gasteiger partial charge in [0.05, 0.1) is 5.69 Å². The average molecular weight is 315 g/mol. The van der Waals surface area contributed by atoms with Gasteiger partial charge in [0.15, 0.2) is 5.11 Å². The van der Waals surface area contributed by atoms with E-state index in [1.165, 1.54) is 11.3 Å². The average Bonchev–Trinajstić information content (AvgIpc) is 2.69. The molecule has 0 radical (unpaired) electrons. The van der Waals surface area contributed by atoms with E-state index < -0.39 is 0 Å². The molecule has 0 amide bonds. The van der Waals surface area contributed by atoms with E-state index in [4.69, 9.17) is 18.0 Å². The first-order valence-corrected chi connectivity index (χ1v) is 7.92. The summed E-state index contributed by atoms with van der Waals surface area (Å²) in [5.74, 6) is 0.955. The van der Waals surface area contributed by atoms with E-state index in [0.29, 0.717) is 0 Å². The molecule has 1 aliphatic rings. The number of hydrogen-bond donors (Lipinski definition) is 2. The Kier molecular flexibility index (Phi) is 4.02. The minimum Gasteiger partial charge on any atom is -0.378 e. The van der Waals surface area contributed by atoms with Gasteiger partial charge in [-0.05, 0) is 43.6 Å². The van der Waals surface area contributed by atoms with Crippen molar-refractivity contribution in [1.29, 1.82) is 0 Å². The number of benzene rings is 1. The van der Waals surface area contributed by atoms with Crippen LogP contribution < -0.4 is 16.0 Å². The summed E-state index contributed by atoms with van der Waals surface area (Å²) in [6, 6.07) is 8.41. The monoisotopic (exact) mass is 315 g/mol. The van der Waals surface area contributed by atoms with Crippen LogP contribution in [0.1, 0.15) is 18.4 Å². The molecule has 6 heteroatoms. The van der Waals surface area contributed by atoms with Crippen LogP contribution >= 0.6 is 12.2 Å². The lowest BCUT2D eigenvalue weighted by Crippen LogP contribution is -2.22. The zero-order valence-electron chi connectivity index (χ0n) is 13.0. The first kappa shape index (κ1) is 14.8. The van der Waals surface area contributed by atoms with Crippen molar-refractivity contribution in [3.05, 3.63) is 29.8 Å². The van der Waals surface area contributed by atoms with Gasteiger partial charge >= 0.3 is 0 Å². The maximum Gasteiger partial charge on any atom is 0.193 e. The fourth-order valence-corrected chi connectivity index (χ4v) is 2.94. The molecular formula is C16H21N5S. The molecule has 1 aromatic carbocycles. The molecule has 3 N–H and O–H groups in total. The first-order valence-electron chi connectivity index (χ1n) is 7.51. The second-order valence-corrected chi connectivity index (χ2v) is 6.17. The highest BCUT2D eigenvalue weighted by Gasteiger charge is 2.21. The van der Waals surface area contributed by atoms with Gasteiger partial charge in [0.1, 0.15) is 5.82 Å². The SMILES string of the molecule is CN(C)c1ccc(-c2nn(C(N)=S)c3c2CCCCN3)cc1. The highest BCUT2D eigenvalue weighted by molar-refractivity contribution is 7.80. The first-order chi connectivity index (χ1) is 10.6. The molecule has 22 heavy (non-hydrogen) atoms. The third kappa shape index (κ3) is 2.66. The quantitative estimate of drug-likeness (QED) is 0.834. The second-order valence-electron chi connectivity index (χ2n) is 5.75. The number of nitrogens with two attached hydrogens (primary N) is 1. The van der Waals surface area contributed by atoms with Gasteiger partial charge in [-0.3, -0.25) is 0 Å². The number of nitrogens with one attached hydrogen (secondary N) is 1. The van der Waals surface area contributed by atoms with Gasteiger partial charge in [-0.2, -0.15) is 9.78 Å². The Hall–Kier alpha value is -2.08. The van der Waals surface area contributed by atoms with E-state index in [1.54, 1.807) is 4.68 Å². The highest BCUT2D eigenvalue weighted by Crippen LogP contribution is 2.32. The van der Waals surface area contributed by atoms with E-state index in [-0.39, 0.29) is 5.11 Å². The van der Waals surface area contributed by atoms with Gasteiger partial charge in [-0.15, -0.1) is 0 Å². The fourth-order valence-electron chi connectivity index (χ4n) is 2.81. The molecule has 0 saturated carbocycles. The van der Waals surface area contributed by atoms with Crippen molar-refractivity contribution < 1.29 is 0 Å². The van der Waals surface area contributed by atoms with Crippen LogP contribution in [0, 0.1) is 0 Å². The van der Waals surface area contributed by atoms with Gasteiger partial charge in [-0.1, -0.05) is 12.1 Å². The molecule has 2 heterocycles. The van der Waals surface area contributed by atoms with Gasteiger partial charge in [-0.25, -0.2) is 0 Å². The van der Waals surface area contributed by atoms with Gasteiger partial charge in [0, 0.05) is 37.5 Å². The molecule has 0 unspecified atom stereocenters. The predicted molar refractivity (Wildman–Crippen MR) is 95.6 cm³/mol. The topological polar surface area (TPSA) is 59.1 Å². The summed E-state index contributed by atoms with van der Waals surface area (Å²) in [5, 5.41) is 8.35. The van der Waals surface area contributed by atoms with Crippen LogP contribution in [-0.4, -0.2) is 35.5 Å². The lowest BCUT2D eigenvalue weighted by Gasteiger charge is -2.12. The van der Waals surface area contributed by atoms with Crippen molar-refractivity contribution >= 4 is 28.8 Å². The summed E-state index contributed by atoms with van der Waals surface area (Å²) in [6.07, 6.45) is 3.28. The Morgan fingerprint density at radius 2 is 2.00 bits per heavy atom. The second kappa shape index (κ2) is 5.96. The van der Waals surface area contributed by atoms with Crippen molar-refractivity contribution in [2.75, 3.05) is 30.9 Å². The number of rotatable bonds is 2. The molecule has 0 saturated heterocycles. The molecular weight excluding hydrogens is 294 g/mol. The largest absolute Gasteiger partial charge is 0.378 e. The molecule has 2 aromatic rings. The Morgan fingerprint density at radius 1 is 1.27 bits per heavy atom. The number of thiocarbonyl (C=S) groups is 1. The van der Waals surface area contributed by atoms with Crippen LogP contribution in [0.2, 0.25) is 0 Å². The van der Waals surface area contributed by atoms with E-state index in [2.05, 4.69) is 39.6 Å². The normalized spacial score (nSPS) is 13.9. The van der Waals surface area contributed by atoms with E-state index >= 15 is 0 Å². The molecule has 5 nitrogen and oxygen atoms in total. The lowest BCUT2D eigenvalue weighted by molar-refractivity contribution is 0.782. The van der Waals surface area contributed by atoms with E-state index in [9.17, 15) is 0 Å². The Morgan fingerprint density at radius 3 is 2.64 bits per heavy atom. The fraction of sp³-hybridized carbons (Fsp3) is 0.375. The molecule has 0 aliphatic carbocycles. The van der Waals surface area contributed by atoms with Crippen molar-refractivity contribution in [2.45, 2.75) is 19.3 Å². The standard InChI is InChI=1S/C16H21N5S/c1-20(2)12-8-6-11(7-9-12)14-13-5-3-4-10-18-15(13)21(19-14)16(17)22/h6-9,18H,3-5,10H2,1-2H3,(H2,17,22). The summed E-state index contributed by atoms with van der Waals surface area (Å²) < 4.78 is 1.66. The Balaban J connectivity index is 2.08. The van der Waals surface area contributed by atoms with Gasteiger partial charge < -0.3 is 16.0 Å². The van der Waals surface area contributed by atoms with Crippen molar-refractivity contribution in [1.82, 2.24) is 9.78 Å². The third-order valence-corrected chi connectivity index (χ3v) is 4.17. The summed E-state index contributed by atoms with van der Waals surface area (Å²) in [6.45, 7) is 0.931. The maximum atomic E-state index is 5.83. The number of nitrogens with zero attached hydrogens (tertiary/aromatic N) is 3. The summed E-state index contributed by atoms with van der Waals surface area (Å²) in [5.41, 5.74) is 10.3. The zero-order valence-corrected chi connectivity index (χ0v) is 13.8. The van der Waals surface area contributed by atoms with Crippen LogP contribution in [0.5, 0.6) is 0 Å². The molecule has 1 aliphatic heterocycles. The highest BCUT2D eigenvalue weighted by atomic mass is 32.1. The third-order valence-electron chi connectivity index (χ3n) is 4.00. The van der Waals surface area contributed by atoms with E-state index in [1.807, 2.05) is 14.1 Å². The summed E-state index contributed by atoms with van der Waals surface area (Å²) >= 11 is 5.14. The van der Waals surface area contributed by atoms with Crippen LogP contribution in [0.3, 0.4) is 0 Å². The molecule has 0 bridgehead atoms. The predicted octanol–water partition coefficient (Wildman–Crippen LogP) is 2.46. The summed E-state index contributed by atoms with van der Waals surface area (Å²) in [7, 11) is 4.07. The molecule has 0 spiro atoms. The molecule has 1 aromatic heterocycles. The number of hydrogen-bond acceptors (Lipinski definition) is 4. The Bertz CT molecular complexity index is 687. The number of fused-ring (bicyclic) bond motifs is 1. The van der Waals surface area contributed by atoms with Crippen molar-refractivity contribution in [3.8, 4) is 11.3 Å². The lowest BCUT2D eigenvalue weighted by atomic mass is 10.0. The minimum absolute atomic E-state index is 0.279. The van der Waals surface area contributed by atoms with E-state index in [0.717, 1.165) is 42.9 Å². The molecule has 3 rings (SSSR count). The van der Waals surface area contributed by atoms with Crippen LogP contribution in [0.25, 0.3) is 11.3 Å². The summed E-state index contributed by atoms with van der Waals surface area (Å²) in [4.78, 5) is 2.08. The van der Waals surface area contributed by atoms with Crippen LogP contribution in [0.4, 0.5) is 11.5 Å². The van der Waals surface area contributed by atoms with Crippen molar-refractivity contribution in [2.24, 2.45) is 5.73 Å². The van der Waals surface area contributed by atoms with Crippen LogP contribution in [-0.2, 0) is 6.42 Å². The number of aromatic nitrogens is 2. The molecule has 116 valence electrons. The Labute approximate surface area is 136 Å². The maximum absolute atomic E-state index is 5.83. The molecule has 0 atom stereocenters.